The van der Waals surface area contributed by atoms with Crippen molar-refractivity contribution in [3.05, 3.63) is 24.3 Å². The molecule has 0 radical (unpaired) electrons. The first-order valence-corrected chi connectivity index (χ1v) is 5.64. The van der Waals surface area contributed by atoms with Crippen LogP contribution in [0.15, 0.2) is 24.3 Å². The summed E-state index contributed by atoms with van der Waals surface area (Å²) in [6.45, 7) is 0.920. The van der Waals surface area contributed by atoms with Gasteiger partial charge in [-0.15, -0.1) is 0 Å². The SMILES string of the molecule is CCCOc1ccc(NC(=O)OCC(F)(F)F)cc1. The van der Waals surface area contributed by atoms with Gasteiger partial charge in [0.05, 0.1) is 6.61 Å². The van der Waals surface area contributed by atoms with Gasteiger partial charge in [0.1, 0.15) is 5.75 Å². The van der Waals surface area contributed by atoms with Crippen molar-refractivity contribution >= 4 is 11.8 Å². The molecule has 0 aliphatic carbocycles. The number of anilines is 1. The molecule has 106 valence electrons. The van der Waals surface area contributed by atoms with Crippen LogP contribution in [0.3, 0.4) is 0 Å². The Bertz CT molecular complexity index is 404. The zero-order chi connectivity index (χ0) is 14.3. The number of hydrogen-bond donors (Lipinski definition) is 1. The first kappa shape index (κ1) is 15.1. The lowest BCUT2D eigenvalue weighted by Gasteiger charge is -2.09. The van der Waals surface area contributed by atoms with Crippen molar-refractivity contribution in [1.29, 1.82) is 0 Å². The monoisotopic (exact) mass is 277 g/mol. The van der Waals surface area contributed by atoms with Gasteiger partial charge in [0.2, 0.25) is 0 Å². The number of carbonyl (C=O) groups excluding carboxylic acids is 1. The van der Waals surface area contributed by atoms with Gasteiger partial charge in [-0.2, -0.15) is 13.2 Å². The molecular weight excluding hydrogens is 263 g/mol. The van der Waals surface area contributed by atoms with Gasteiger partial charge in [0, 0.05) is 5.69 Å². The van der Waals surface area contributed by atoms with Crippen molar-refractivity contribution < 1.29 is 27.4 Å². The summed E-state index contributed by atoms with van der Waals surface area (Å²) >= 11 is 0. The molecule has 1 aromatic rings. The lowest BCUT2D eigenvalue weighted by atomic mass is 10.3. The molecular formula is C12H14F3NO3. The van der Waals surface area contributed by atoms with Crippen molar-refractivity contribution in [2.24, 2.45) is 0 Å². The van der Waals surface area contributed by atoms with E-state index in [1.807, 2.05) is 6.92 Å². The fourth-order valence-corrected chi connectivity index (χ4v) is 1.16. The van der Waals surface area contributed by atoms with Crippen LogP contribution in [-0.2, 0) is 4.74 Å². The van der Waals surface area contributed by atoms with Crippen LogP contribution in [0.1, 0.15) is 13.3 Å². The standard InChI is InChI=1S/C12H14F3NO3/c1-2-7-18-10-5-3-9(4-6-10)16-11(17)19-8-12(13,14)15/h3-6H,2,7-8H2,1H3,(H,16,17). The smallest absolute Gasteiger partial charge is 0.422 e. The minimum absolute atomic E-state index is 0.330. The molecule has 1 amide bonds. The fraction of sp³-hybridized carbons (Fsp3) is 0.417. The van der Waals surface area contributed by atoms with Gasteiger partial charge >= 0.3 is 12.3 Å². The summed E-state index contributed by atoms with van der Waals surface area (Å²) in [5, 5.41) is 2.18. The summed E-state index contributed by atoms with van der Waals surface area (Å²) in [4.78, 5) is 11.1. The van der Waals surface area contributed by atoms with Gasteiger partial charge in [0.15, 0.2) is 6.61 Å². The summed E-state index contributed by atoms with van der Waals surface area (Å²) in [6, 6.07) is 6.24. The average Bonchev–Trinajstić information content (AvgIpc) is 2.35. The largest absolute Gasteiger partial charge is 0.494 e. The number of amides is 1. The first-order chi connectivity index (χ1) is 8.90. The Kier molecular flexibility index (Phi) is 5.47. The second kappa shape index (κ2) is 6.86. The van der Waals surface area contributed by atoms with Crippen LogP contribution in [0, 0.1) is 0 Å². The normalized spacial score (nSPS) is 10.9. The van der Waals surface area contributed by atoms with Crippen molar-refractivity contribution in [3.63, 3.8) is 0 Å². The number of halogens is 3. The van der Waals surface area contributed by atoms with Crippen LogP contribution in [0.25, 0.3) is 0 Å². The van der Waals surface area contributed by atoms with E-state index in [9.17, 15) is 18.0 Å². The third-order valence-electron chi connectivity index (χ3n) is 1.94. The molecule has 0 aliphatic heterocycles. The Hall–Kier alpha value is -1.92. The van der Waals surface area contributed by atoms with Crippen LogP contribution in [-0.4, -0.2) is 25.5 Å². The Morgan fingerprint density at radius 1 is 1.26 bits per heavy atom. The fourth-order valence-electron chi connectivity index (χ4n) is 1.16. The predicted octanol–water partition coefficient (Wildman–Crippen LogP) is 3.59. The highest BCUT2D eigenvalue weighted by atomic mass is 19.4. The summed E-state index contributed by atoms with van der Waals surface area (Å²) in [5.41, 5.74) is 0.330. The maximum atomic E-state index is 11.8. The second-order valence-electron chi connectivity index (χ2n) is 3.69. The van der Waals surface area contributed by atoms with Crippen molar-refractivity contribution in [3.8, 4) is 5.75 Å². The van der Waals surface area contributed by atoms with E-state index < -0.39 is 18.9 Å². The molecule has 0 fully saturated rings. The van der Waals surface area contributed by atoms with E-state index in [-0.39, 0.29) is 0 Å². The topological polar surface area (TPSA) is 47.6 Å². The average molecular weight is 277 g/mol. The van der Waals surface area contributed by atoms with E-state index in [1.165, 1.54) is 12.1 Å². The highest BCUT2D eigenvalue weighted by molar-refractivity contribution is 5.84. The number of hydrogen-bond acceptors (Lipinski definition) is 3. The van der Waals surface area contributed by atoms with Gasteiger partial charge in [-0.25, -0.2) is 4.79 Å². The zero-order valence-electron chi connectivity index (χ0n) is 10.3. The lowest BCUT2D eigenvalue weighted by Crippen LogP contribution is -2.23. The predicted molar refractivity (Wildman–Crippen MR) is 63.3 cm³/mol. The number of nitrogens with one attached hydrogen (secondary N) is 1. The zero-order valence-corrected chi connectivity index (χ0v) is 10.3. The third kappa shape index (κ3) is 6.54. The van der Waals surface area contributed by atoms with Gasteiger partial charge in [0.25, 0.3) is 0 Å². The molecule has 7 heteroatoms. The molecule has 0 aromatic heterocycles. The molecule has 0 unspecified atom stereocenters. The summed E-state index contributed by atoms with van der Waals surface area (Å²) in [7, 11) is 0. The van der Waals surface area contributed by atoms with Crippen molar-refractivity contribution in [2.45, 2.75) is 19.5 Å². The molecule has 0 atom stereocenters. The minimum atomic E-state index is -4.53. The Morgan fingerprint density at radius 2 is 1.89 bits per heavy atom. The maximum absolute atomic E-state index is 11.8. The molecule has 0 bridgehead atoms. The number of alkyl halides is 3. The molecule has 1 aromatic carbocycles. The number of carbonyl (C=O) groups is 1. The molecule has 1 rings (SSSR count). The molecule has 0 saturated heterocycles. The van der Waals surface area contributed by atoms with Crippen LogP contribution < -0.4 is 10.1 Å². The Balaban J connectivity index is 2.42. The summed E-state index contributed by atoms with van der Waals surface area (Å²) < 4.78 is 44.7. The van der Waals surface area contributed by atoms with E-state index in [0.29, 0.717) is 18.0 Å². The molecule has 19 heavy (non-hydrogen) atoms. The number of ether oxygens (including phenoxy) is 2. The van der Waals surface area contributed by atoms with Gasteiger partial charge in [-0.05, 0) is 30.7 Å². The second-order valence-corrected chi connectivity index (χ2v) is 3.69. The van der Waals surface area contributed by atoms with Gasteiger partial charge < -0.3 is 9.47 Å². The minimum Gasteiger partial charge on any atom is -0.494 e. The van der Waals surface area contributed by atoms with Crippen LogP contribution >= 0.6 is 0 Å². The number of benzene rings is 1. The van der Waals surface area contributed by atoms with E-state index in [2.05, 4.69) is 10.1 Å². The maximum Gasteiger partial charge on any atom is 0.422 e. The van der Waals surface area contributed by atoms with E-state index in [4.69, 9.17) is 4.74 Å². The van der Waals surface area contributed by atoms with Crippen LogP contribution in [0.5, 0.6) is 5.75 Å². The summed E-state index contributed by atoms with van der Waals surface area (Å²) in [6.07, 6.45) is -4.82. The van der Waals surface area contributed by atoms with Crippen molar-refractivity contribution in [2.75, 3.05) is 18.5 Å². The molecule has 4 nitrogen and oxygen atoms in total. The Labute approximate surface area is 108 Å². The van der Waals surface area contributed by atoms with Crippen LogP contribution in [0.4, 0.5) is 23.7 Å². The van der Waals surface area contributed by atoms with E-state index in [1.54, 1.807) is 12.1 Å². The first-order valence-electron chi connectivity index (χ1n) is 5.64. The summed E-state index contributed by atoms with van der Waals surface area (Å²) in [5.74, 6) is 0.621. The van der Waals surface area contributed by atoms with E-state index in [0.717, 1.165) is 6.42 Å². The molecule has 0 heterocycles. The van der Waals surface area contributed by atoms with E-state index >= 15 is 0 Å². The molecule has 0 saturated carbocycles. The van der Waals surface area contributed by atoms with Crippen LogP contribution in [0.2, 0.25) is 0 Å². The van der Waals surface area contributed by atoms with Gasteiger partial charge in [-0.1, -0.05) is 6.92 Å². The molecule has 1 N–H and O–H groups in total. The molecule has 0 spiro atoms. The highest BCUT2D eigenvalue weighted by Gasteiger charge is 2.29. The Morgan fingerprint density at radius 3 is 2.42 bits per heavy atom. The van der Waals surface area contributed by atoms with Gasteiger partial charge in [-0.3, -0.25) is 5.32 Å². The highest BCUT2D eigenvalue weighted by Crippen LogP contribution is 2.17. The molecule has 0 aliphatic rings. The van der Waals surface area contributed by atoms with Crippen molar-refractivity contribution in [1.82, 2.24) is 0 Å². The lowest BCUT2D eigenvalue weighted by molar-refractivity contribution is -0.159. The quantitative estimate of drug-likeness (QED) is 0.894. The number of rotatable bonds is 5. The third-order valence-corrected chi connectivity index (χ3v) is 1.94.